The van der Waals surface area contributed by atoms with Crippen LogP contribution in [0.1, 0.15) is 13.3 Å². The van der Waals surface area contributed by atoms with E-state index >= 15 is 0 Å². The fourth-order valence-electron chi connectivity index (χ4n) is 1.23. The lowest BCUT2D eigenvalue weighted by Crippen LogP contribution is -2.28. The number of aliphatic hydroxyl groups excluding tert-OH is 1. The highest BCUT2D eigenvalue weighted by atomic mass is 19.1. The monoisotopic (exact) mass is 158 g/mol. The Morgan fingerprint density at radius 3 is 2.82 bits per heavy atom. The summed E-state index contributed by atoms with van der Waals surface area (Å²) in [6, 6.07) is 0. The molecule has 1 fully saturated rings. The van der Waals surface area contributed by atoms with E-state index in [2.05, 4.69) is 5.92 Å². The van der Waals surface area contributed by atoms with Crippen molar-refractivity contribution < 1.29 is 14.2 Å². The van der Waals surface area contributed by atoms with Gasteiger partial charge in [-0.3, -0.25) is 0 Å². The van der Waals surface area contributed by atoms with E-state index in [-0.39, 0.29) is 13.0 Å². The van der Waals surface area contributed by atoms with Gasteiger partial charge in [-0.15, -0.1) is 6.42 Å². The Labute approximate surface area is 65.4 Å². The van der Waals surface area contributed by atoms with Crippen LogP contribution in [0.25, 0.3) is 0 Å². The number of aliphatic hydroxyl groups is 1. The first-order chi connectivity index (χ1) is 5.12. The van der Waals surface area contributed by atoms with Crippen molar-refractivity contribution >= 4 is 0 Å². The predicted molar refractivity (Wildman–Crippen MR) is 38.7 cm³/mol. The fourth-order valence-corrected chi connectivity index (χ4v) is 1.23. The van der Waals surface area contributed by atoms with Gasteiger partial charge >= 0.3 is 0 Å². The van der Waals surface area contributed by atoms with Crippen molar-refractivity contribution in [3.8, 4) is 12.3 Å². The number of halogens is 1. The zero-order chi connectivity index (χ0) is 8.48. The maximum atomic E-state index is 13.4. The number of hydrogen-bond donors (Lipinski definition) is 1. The molecule has 1 N–H and O–H groups in total. The van der Waals surface area contributed by atoms with Gasteiger partial charge in [-0.05, 0) is 6.92 Å². The van der Waals surface area contributed by atoms with Gasteiger partial charge in [0.15, 0.2) is 5.67 Å². The summed E-state index contributed by atoms with van der Waals surface area (Å²) in [4.78, 5) is 0. The summed E-state index contributed by atoms with van der Waals surface area (Å²) in [5, 5.41) is 8.65. The molecule has 2 nitrogen and oxygen atoms in total. The van der Waals surface area contributed by atoms with Crippen LogP contribution in [0.15, 0.2) is 0 Å². The smallest absolute Gasteiger partial charge is 0.198 e. The molecule has 3 heteroatoms. The third-order valence-electron chi connectivity index (χ3n) is 2.01. The lowest BCUT2D eigenvalue weighted by Gasteiger charge is -2.14. The SMILES string of the molecule is C#CC1(F)C[C@@H](CO)O[C@H]1C. The van der Waals surface area contributed by atoms with E-state index in [1.807, 2.05) is 0 Å². The van der Waals surface area contributed by atoms with E-state index in [1.54, 1.807) is 6.92 Å². The lowest BCUT2D eigenvalue weighted by molar-refractivity contribution is 0.00286. The van der Waals surface area contributed by atoms with Crippen LogP contribution in [0.2, 0.25) is 0 Å². The van der Waals surface area contributed by atoms with Gasteiger partial charge in [-0.25, -0.2) is 4.39 Å². The molecule has 0 aliphatic carbocycles. The van der Waals surface area contributed by atoms with Crippen molar-refractivity contribution in [3.63, 3.8) is 0 Å². The van der Waals surface area contributed by atoms with Gasteiger partial charge in [0, 0.05) is 6.42 Å². The highest BCUT2D eigenvalue weighted by Crippen LogP contribution is 2.33. The van der Waals surface area contributed by atoms with Gasteiger partial charge in [-0.2, -0.15) is 0 Å². The fraction of sp³-hybridized carbons (Fsp3) is 0.750. The lowest BCUT2D eigenvalue weighted by atomic mass is 9.98. The molecule has 62 valence electrons. The number of hydrogen-bond acceptors (Lipinski definition) is 2. The molecule has 1 aliphatic heterocycles. The van der Waals surface area contributed by atoms with Gasteiger partial charge < -0.3 is 9.84 Å². The molecule has 0 spiro atoms. The molecular weight excluding hydrogens is 147 g/mol. The van der Waals surface area contributed by atoms with E-state index in [1.165, 1.54) is 0 Å². The minimum atomic E-state index is -1.69. The number of ether oxygens (including phenoxy) is 1. The summed E-state index contributed by atoms with van der Waals surface area (Å²) in [7, 11) is 0. The van der Waals surface area contributed by atoms with E-state index in [0.29, 0.717) is 0 Å². The second-order valence-corrected chi connectivity index (χ2v) is 2.79. The van der Waals surface area contributed by atoms with Crippen LogP contribution in [0.4, 0.5) is 4.39 Å². The van der Waals surface area contributed by atoms with E-state index < -0.39 is 17.9 Å². The van der Waals surface area contributed by atoms with Gasteiger partial charge in [0.1, 0.15) is 6.10 Å². The molecule has 0 aromatic heterocycles. The quantitative estimate of drug-likeness (QED) is 0.563. The Hall–Kier alpha value is -0.590. The van der Waals surface area contributed by atoms with Crippen LogP contribution in [0, 0.1) is 12.3 Å². The second kappa shape index (κ2) is 2.80. The largest absolute Gasteiger partial charge is 0.394 e. The average Bonchev–Trinajstić information content (AvgIpc) is 2.29. The minimum Gasteiger partial charge on any atom is -0.394 e. The highest BCUT2D eigenvalue weighted by molar-refractivity contribution is 5.14. The Bertz CT molecular complexity index is 187. The van der Waals surface area contributed by atoms with Crippen LogP contribution in [0.5, 0.6) is 0 Å². The molecular formula is C8H11FO2. The number of terminal acetylenes is 1. The first-order valence-corrected chi connectivity index (χ1v) is 3.55. The molecule has 0 bridgehead atoms. The second-order valence-electron chi connectivity index (χ2n) is 2.79. The van der Waals surface area contributed by atoms with Crippen molar-refractivity contribution in [2.45, 2.75) is 31.2 Å². The average molecular weight is 158 g/mol. The molecule has 1 aliphatic rings. The summed E-state index contributed by atoms with van der Waals surface area (Å²) < 4.78 is 18.4. The molecule has 11 heavy (non-hydrogen) atoms. The maximum Gasteiger partial charge on any atom is 0.198 e. The number of alkyl halides is 1. The van der Waals surface area contributed by atoms with Crippen molar-refractivity contribution in [3.05, 3.63) is 0 Å². The molecule has 0 radical (unpaired) electrons. The zero-order valence-corrected chi connectivity index (χ0v) is 6.38. The maximum absolute atomic E-state index is 13.4. The van der Waals surface area contributed by atoms with Crippen LogP contribution >= 0.6 is 0 Å². The molecule has 3 atom stereocenters. The normalized spacial score (nSPS) is 43.8. The van der Waals surface area contributed by atoms with Crippen molar-refractivity contribution in [1.29, 1.82) is 0 Å². The molecule has 1 heterocycles. The number of rotatable bonds is 1. The van der Waals surface area contributed by atoms with E-state index in [9.17, 15) is 4.39 Å². The van der Waals surface area contributed by atoms with Gasteiger partial charge in [0.2, 0.25) is 0 Å². The topological polar surface area (TPSA) is 29.5 Å². The van der Waals surface area contributed by atoms with Gasteiger partial charge in [0.05, 0.1) is 12.7 Å². The molecule has 1 unspecified atom stereocenters. The molecule has 1 saturated heterocycles. The Morgan fingerprint density at radius 1 is 1.91 bits per heavy atom. The molecule has 1 rings (SSSR count). The zero-order valence-electron chi connectivity index (χ0n) is 6.38. The third-order valence-corrected chi connectivity index (χ3v) is 2.01. The summed E-state index contributed by atoms with van der Waals surface area (Å²) in [6.07, 6.45) is 4.04. The molecule has 0 amide bonds. The first kappa shape index (κ1) is 8.51. The van der Waals surface area contributed by atoms with Crippen LogP contribution in [0.3, 0.4) is 0 Å². The third kappa shape index (κ3) is 1.37. The predicted octanol–water partition coefficient (Wildman–Crippen LogP) is 0.498. The molecule has 0 aromatic carbocycles. The van der Waals surface area contributed by atoms with Crippen molar-refractivity contribution in [2.24, 2.45) is 0 Å². The van der Waals surface area contributed by atoms with Crippen molar-refractivity contribution in [2.75, 3.05) is 6.61 Å². The van der Waals surface area contributed by atoms with Gasteiger partial charge in [-0.1, -0.05) is 5.92 Å². The molecule has 0 saturated carbocycles. The first-order valence-electron chi connectivity index (χ1n) is 3.55. The van der Waals surface area contributed by atoms with E-state index in [4.69, 9.17) is 16.3 Å². The Kier molecular flexibility index (Phi) is 2.17. The molecule has 0 aromatic rings. The van der Waals surface area contributed by atoms with Crippen LogP contribution in [-0.2, 0) is 4.74 Å². The Morgan fingerprint density at radius 2 is 2.55 bits per heavy atom. The standard InChI is InChI=1S/C8H11FO2/c1-3-8(9)4-7(5-10)11-6(8)2/h1,6-7,10H,4-5H2,2H3/t6-,7-,8?/m0/s1. The van der Waals surface area contributed by atoms with Gasteiger partial charge in [0.25, 0.3) is 0 Å². The summed E-state index contributed by atoms with van der Waals surface area (Å²) in [5.41, 5.74) is -1.69. The van der Waals surface area contributed by atoms with Crippen LogP contribution < -0.4 is 0 Å². The van der Waals surface area contributed by atoms with Crippen molar-refractivity contribution in [1.82, 2.24) is 0 Å². The summed E-state index contributed by atoms with van der Waals surface area (Å²) >= 11 is 0. The van der Waals surface area contributed by atoms with Crippen LogP contribution in [-0.4, -0.2) is 29.6 Å². The summed E-state index contributed by atoms with van der Waals surface area (Å²) in [6.45, 7) is 1.41. The summed E-state index contributed by atoms with van der Waals surface area (Å²) in [5.74, 6) is 2.05. The minimum absolute atomic E-state index is 0.0984. The highest BCUT2D eigenvalue weighted by Gasteiger charge is 2.45. The van der Waals surface area contributed by atoms with E-state index in [0.717, 1.165) is 0 Å². The Balaban J connectivity index is 2.67.